The molecular weight excluding hydrogens is 1510 g/mol. The molecule has 5 aromatic carbocycles. The van der Waals surface area contributed by atoms with Gasteiger partial charge in [-0.3, -0.25) is 38.6 Å². The van der Waals surface area contributed by atoms with Crippen molar-refractivity contribution < 1.29 is 33.4 Å². The second-order valence-electron chi connectivity index (χ2n) is 31.4. The lowest BCUT2D eigenvalue weighted by Crippen LogP contribution is -2.43. The summed E-state index contributed by atoms with van der Waals surface area (Å²) < 4.78 is 18.4. The lowest BCUT2D eigenvalue weighted by Gasteiger charge is -2.28. The maximum atomic E-state index is 12.6. The smallest absolute Gasteiger partial charge is 0.348 e. The second kappa shape index (κ2) is 43.0. The van der Waals surface area contributed by atoms with E-state index in [1.54, 1.807) is 87.4 Å². The van der Waals surface area contributed by atoms with Crippen molar-refractivity contribution in [2.45, 2.75) is 186 Å². The number of hydrogen-bond acceptors (Lipinski definition) is 17. The van der Waals surface area contributed by atoms with Crippen molar-refractivity contribution in [2.75, 3.05) is 5.32 Å². The monoisotopic (exact) mass is 1620 g/mol. The summed E-state index contributed by atoms with van der Waals surface area (Å²) in [5, 5.41) is 18.3. The van der Waals surface area contributed by atoms with Gasteiger partial charge in [-0.2, -0.15) is 30.1 Å². The number of ketones is 1. The number of rotatable bonds is 22. The molecule has 5 amide bonds. The first-order chi connectivity index (χ1) is 57.0. The Balaban J connectivity index is 0.000000188. The molecule has 3 N–H and O–H groups in total. The van der Waals surface area contributed by atoms with Gasteiger partial charge in [-0.25, -0.2) is 38.5 Å². The number of nitrogens with zero attached hydrogens (tertiary/aromatic N) is 14. The number of Topliss-reactive ketones (excluding diaryl/α,β-unsaturated/α-hetero) is 1. The van der Waals surface area contributed by atoms with Crippen LogP contribution in [0, 0.1) is 12.3 Å². The molecule has 6 aromatic heterocycles. The largest absolute Gasteiger partial charge is 0.472 e. The van der Waals surface area contributed by atoms with Crippen molar-refractivity contribution in [3.05, 3.63) is 316 Å². The van der Waals surface area contributed by atoms with E-state index in [2.05, 4.69) is 82.4 Å². The minimum absolute atomic E-state index is 0.0490. The highest BCUT2D eigenvalue weighted by atomic mass is 16.5. The highest BCUT2D eigenvalue weighted by molar-refractivity contribution is 5.99. The number of allylic oxidation sites excluding steroid dienone is 4. The van der Waals surface area contributed by atoms with Crippen LogP contribution in [0.5, 0.6) is 11.6 Å². The number of carbonyl (C=O) groups is 5. The predicted molar refractivity (Wildman–Crippen MR) is 474 cm³/mol. The van der Waals surface area contributed by atoms with E-state index in [-0.39, 0.29) is 103 Å². The predicted octanol–water partition coefficient (Wildman–Crippen LogP) is 17.7. The van der Waals surface area contributed by atoms with Crippen LogP contribution in [0.3, 0.4) is 0 Å². The van der Waals surface area contributed by atoms with Crippen LogP contribution in [-0.2, 0) is 41.9 Å². The van der Waals surface area contributed by atoms with Gasteiger partial charge in [-0.05, 0) is 187 Å². The van der Waals surface area contributed by atoms with E-state index < -0.39 is 5.41 Å². The number of benzene rings is 5. The third-order valence-corrected chi connectivity index (χ3v) is 18.6. The highest BCUT2D eigenvalue weighted by Gasteiger charge is 2.26. The Hall–Kier alpha value is -13.7. The van der Waals surface area contributed by atoms with Gasteiger partial charge in [0.05, 0.1) is 53.1 Å². The Bertz CT molecular complexity index is 5600. The van der Waals surface area contributed by atoms with Gasteiger partial charge in [0.25, 0.3) is 0 Å². The van der Waals surface area contributed by atoms with Crippen LogP contribution in [0.2, 0.25) is 0 Å². The van der Waals surface area contributed by atoms with Crippen LogP contribution in [0.25, 0.3) is 33.2 Å². The van der Waals surface area contributed by atoms with Gasteiger partial charge >= 0.3 is 29.4 Å². The van der Waals surface area contributed by atoms with Crippen LogP contribution in [0.15, 0.2) is 254 Å². The third kappa shape index (κ3) is 26.4. The molecular formula is C94H111N17O9. The summed E-state index contributed by atoms with van der Waals surface area (Å²) in [6.45, 7) is 48.8. The van der Waals surface area contributed by atoms with Gasteiger partial charge in [0.1, 0.15) is 24.1 Å². The molecule has 0 aliphatic carbocycles. The Morgan fingerprint density at radius 2 is 1.06 bits per heavy atom. The Morgan fingerprint density at radius 3 is 1.60 bits per heavy atom. The fourth-order valence-corrected chi connectivity index (χ4v) is 11.7. The van der Waals surface area contributed by atoms with Crippen molar-refractivity contribution in [1.29, 1.82) is 0 Å². The summed E-state index contributed by atoms with van der Waals surface area (Å²) in [6.07, 6.45) is 15.6. The molecule has 0 radical (unpaired) electrons. The number of anilines is 1. The Labute approximate surface area is 702 Å². The molecule has 13 rings (SSSR count). The normalized spacial score (nSPS) is 12.4. The molecule has 0 bridgehead atoms. The van der Waals surface area contributed by atoms with E-state index in [0.717, 1.165) is 72.7 Å². The summed E-state index contributed by atoms with van der Waals surface area (Å²) in [4.78, 5) is 112. The van der Waals surface area contributed by atoms with Crippen molar-refractivity contribution in [3.63, 3.8) is 0 Å². The van der Waals surface area contributed by atoms with Crippen molar-refractivity contribution >= 4 is 68.9 Å². The summed E-state index contributed by atoms with van der Waals surface area (Å²) in [5.74, 6) is 0.449. The first-order valence-corrected chi connectivity index (χ1v) is 39.8. The van der Waals surface area contributed by atoms with Crippen LogP contribution in [0.1, 0.15) is 190 Å². The molecule has 2 aliphatic heterocycles. The molecule has 11 aromatic rings. The number of hydrogen-bond donors (Lipinski definition) is 3. The fourth-order valence-electron chi connectivity index (χ4n) is 11.7. The van der Waals surface area contributed by atoms with Crippen molar-refractivity contribution in [1.82, 2.24) is 79.0 Å². The first-order valence-electron chi connectivity index (χ1n) is 39.8. The number of carbonyl (C=O) groups excluding carboxylic acids is 5. The standard InChI is InChI=1S/C28H31N5O4.C17H20N2O.C16H16N4O.C16H18N2O.C9H14N2O.C8H12N2O/c1-18(2)33-24-22(16-29-33)25(32-27(31-24)30-23(34)15-19-9-7-6-8-10-19)36-17-20-11-13-21(14-12-20)37-26(35)28(3,4)5;1-12(2)19-11-14(4)16(18-17(19)20)10-13(3)15-8-6-5-7-9-15;1-11(2)20-16-13(9-19-20)14(17-10-18-16)8-15(21)12-6-4-3-5-7-12;1-12(2)18-10-9-15(17-16(18)19)11-13(3)14-7-5-4-6-8-14;1-6(2)11-5-7(3)8(4)10-9(11)12;1-6(2)10-5-4-7(3)9-8(10)11/h6-14,16,18H,15,17H2,1-5H3,(H,30,31,32,34);5-9,11-12H,3,10H2,1-2,4H3;3-7,9-11H,8H2,1-2H3;4-10,12H,3,11H2,1-2H3;5-6H,4H2,1-3H3,(H,10,12);4-6H,3H2,1-2H3,(H,9,11). The maximum absolute atomic E-state index is 12.6. The third-order valence-electron chi connectivity index (χ3n) is 18.6. The number of fused-ring (bicyclic) bond motifs is 2. The molecule has 0 atom stereocenters. The average Bonchev–Trinajstić information content (AvgIpc) is 1.66. The molecule has 0 fully saturated rings. The van der Waals surface area contributed by atoms with Gasteiger partial charge in [-0.15, -0.1) is 0 Å². The zero-order chi connectivity index (χ0) is 87.7. The lowest BCUT2D eigenvalue weighted by atomic mass is 9.97. The van der Waals surface area contributed by atoms with E-state index in [4.69, 9.17) is 9.47 Å². The highest BCUT2D eigenvalue weighted by Crippen LogP contribution is 2.29. The zero-order valence-corrected chi connectivity index (χ0v) is 71.8. The molecule has 0 spiro atoms. The molecule has 0 saturated carbocycles. The van der Waals surface area contributed by atoms with Gasteiger partial charge in [0, 0.05) is 90.8 Å². The summed E-state index contributed by atoms with van der Waals surface area (Å²) in [5.41, 5.74) is 12.6. The van der Waals surface area contributed by atoms with Crippen LogP contribution in [-0.4, -0.2) is 110 Å². The van der Waals surface area contributed by atoms with Gasteiger partial charge < -0.3 is 20.1 Å². The van der Waals surface area contributed by atoms with E-state index in [9.17, 15) is 33.6 Å². The van der Waals surface area contributed by atoms with Crippen molar-refractivity contribution in [3.8, 4) is 11.6 Å². The molecule has 2 aliphatic rings. The second-order valence-corrected chi connectivity index (χ2v) is 31.4. The number of esters is 1. The minimum Gasteiger partial charge on any atom is -0.472 e. The molecule has 626 valence electrons. The van der Waals surface area contributed by atoms with Gasteiger partial charge in [0.15, 0.2) is 17.1 Å². The fraction of sp³-hybridized carbons (Fsp3) is 0.309. The number of amides is 5. The Kier molecular flexibility index (Phi) is 32.9. The summed E-state index contributed by atoms with van der Waals surface area (Å²) in [7, 11) is 0. The van der Waals surface area contributed by atoms with E-state index >= 15 is 0 Å². The van der Waals surface area contributed by atoms with Crippen LogP contribution >= 0.6 is 0 Å². The number of aryl methyl sites for hydroxylation is 1. The van der Waals surface area contributed by atoms with Gasteiger partial charge in [-0.1, -0.05) is 160 Å². The average molecular weight is 1620 g/mol. The number of nitrogens with one attached hydrogen (secondary N) is 3. The zero-order valence-electron chi connectivity index (χ0n) is 71.8. The van der Waals surface area contributed by atoms with Crippen LogP contribution < -0.4 is 36.8 Å². The quantitative estimate of drug-likeness (QED) is 0.0322. The number of aromatic nitrogens is 12. The molecule has 26 heteroatoms. The first kappa shape index (κ1) is 91.9. The number of ether oxygens (including phenoxy) is 2. The van der Waals surface area contributed by atoms with E-state index in [1.807, 2.05) is 254 Å². The molecule has 120 heavy (non-hydrogen) atoms. The van der Waals surface area contributed by atoms with Crippen molar-refractivity contribution in [2.24, 2.45) is 5.41 Å². The van der Waals surface area contributed by atoms with E-state index in [0.29, 0.717) is 52.5 Å². The molecule has 26 nitrogen and oxygen atoms in total. The SMILES string of the molecule is C=C(Cc1ccn(C(C)C)c(=O)n1)c1ccccc1.C=C(Cc1nc(=O)n(C(C)C)cc1C)c1ccccc1.C=C1C=CN(C(C)C)C(=O)N1.C=C1NC(=O)N(C(C)C)C=C1C.CC(C)n1ncc2c(CC(=O)c3ccccc3)ncnc21.CC(C)n1ncc2c(OCc3ccc(OC(=O)C(C)(C)C)cc3)nc(NC(=O)Cc3ccccc3)nc21. The molecule has 0 saturated heterocycles. The maximum Gasteiger partial charge on any atom is 0.348 e. The lowest BCUT2D eigenvalue weighted by molar-refractivity contribution is -0.143. The van der Waals surface area contributed by atoms with E-state index in [1.165, 1.54) is 6.33 Å². The summed E-state index contributed by atoms with van der Waals surface area (Å²) >= 11 is 0. The number of urea groups is 2. The summed E-state index contributed by atoms with van der Waals surface area (Å²) in [6, 6.07) is 48.3. The molecule has 0 unspecified atom stereocenters. The molecule has 8 heterocycles. The minimum atomic E-state index is -0.588. The topological polar surface area (TPSA) is 303 Å². The Morgan fingerprint density at radius 1 is 0.525 bits per heavy atom. The van der Waals surface area contributed by atoms with Gasteiger partial charge in [0.2, 0.25) is 17.7 Å². The van der Waals surface area contributed by atoms with Crippen LogP contribution in [0.4, 0.5) is 15.5 Å².